The molecule has 0 aromatic carbocycles. The average Bonchev–Trinajstić information content (AvgIpc) is 3.36. The minimum atomic E-state index is -0.200. The summed E-state index contributed by atoms with van der Waals surface area (Å²) in [7, 11) is 0. The van der Waals surface area contributed by atoms with Gasteiger partial charge in [0.2, 0.25) is 5.91 Å². The number of aromatic nitrogens is 2. The lowest BCUT2D eigenvalue weighted by Crippen LogP contribution is -2.35. The molecule has 4 heterocycles. The molecule has 4 rings (SSSR count). The number of amides is 1. The summed E-state index contributed by atoms with van der Waals surface area (Å²) in [5, 5.41) is 29.6. The van der Waals surface area contributed by atoms with Gasteiger partial charge in [0.1, 0.15) is 34.9 Å². The van der Waals surface area contributed by atoms with Crippen LogP contribution in [0.1, 0.15) is 24.0 Å². The Kier molecular flexibility index (Phi) is 5.77. The molecule has 6 N–H and O–H groups in total. The number of nitrogens with two attached hydrogens (primary N) is 2. The van der Waals surface area contributed by atoms with Crippen LogP contribution in [0.5, 0.6) is 0 Å². The summed E-state index contributed by atoms with van der Waals surface area (Å²) in [5.41, 5.74) is 13.2. The number of aliphatic hydroxyl groups is 2. The first-order valence-electron chi connectivity index (χ1n) is 10.2. The molecule has 2 aromatic rings. The van der Waals surface area contributed by atoms with Crippen molar-refractivity contribution < 1.29 is 19.7 Å². The molecule has 2 aromatic heterocycles. The lowest BCUT2D eigenvalue weighted by atomic mass is 10.0. The Labute approximate surface area is 178 Å². The normalized spacial score (nSPS) is 17.9. The third-order valence-corrected chi connectivity index (χ3v) is 5.71. The van der Waals surface area contributed by atoms with Gasteiger partial charge in [0, 0.05) is 30.6 Å². The van der Waals surface area contributed by atoms with Gasteiger partial charge in [-0.15, -0.1) is 0 Å². The van der Waals surface area contributed by atoms with E-state index >= 15 is 0 Å². The molecule has 164 valence electrons. The van der Waals surface area contributed by atoms with Crippen molar-refractivity contribution in [1.29, 1.82) is 5.26 Å². The van der Waals surface area contributed by atoms with Crippen molar-refractivity contribution in [3.05, 3.63) is 11.1 Å². The van der Waals surface area contributed by atoms with E-state index in [1.807, 2.05) is 0 Å². The van der Waals surface area contributed by atoms with Crippen LogP contribution in [-0.2, 0) is 16.0 Å². The Bertz CT molecular complexity index is 1060. The monoisotopic (exact) mass is 427 g/mol. The van der Waals surface area contributed by atoms with Crippen molar-refractivity contribution in [3.8, 4) is 6.07 Å². The smallest absolute Gasteiger partial charge is 0.232 e. The quantitative estimate of drug-likeness (QED) is 0.452. The summed E-state index contributed by atoms with van der Waals surface area (Å²) < 4.78 is 5.68. The van der Waals surface area contributed by atoms with Gasteiger partial charge < -0.3 is 31.3 Å². The number of nitrogen functional groups attached to an aromatic ring is 2. The first-order valence-corrected chi connectivity index (χ1v) is 10.2. The van der Waals surface area contributed by atoms with Gasteiger partial charge in [-0.25, -0.2) is 9.97 Å². The van der Waals surface area contributed by atoms with Gasteiger partial charge in [-0.2, -0.15) is 5.26 Å². The van der Waals surface area contributed by atoms with E-state index in [1.54, 1.807) is 9.80 Å². The van der Waals surface area contributed by atoms with Gasteiger partial charge in [-0.05, 0) is 12.8 Å². The van der Waals surface area contributed by atoms with E-state index in [0.29, 0.717) is 35.3 Å². The van der Waals surface area contributed by atoms with Crippen molar-refractivity contribution in [2.45, 2.75) is 25.4 Å². The molecule has 0 spiro atoms. The minimum Gasteiger partial charge on any atom is -0.395 e. The van der Waals surface area contributed by atoms with E-state index in [4.69, 9.17) is 16.2 Å². The van der Waals surface area contributed by atoms with Gasteiger partial charge in [0.25, 0.3) is 0 Å². The van der Waals surface area contributed by atoms with Crippen molar-refractivity contribution in [2.24, 2.45) is 0 Å². The largest absolute Gasteiger partial charge is 0.395 e. The van der Waals surface area contributed by atoms with E-state index in [-0.39, 0.29) is 67.8 Å². The summed E-state index contributed by atoms with van der Waals surface area (Å²) in [6.07, 6.45) is 1.81. The van der Waals surface area contributed by atoms with Crippen molar-refractivity contribution in [2.75, 3.05) is 60.7 Å². The molecule has 2 aliphatic rings. The molecule has 11 nitrogen and oxygen atoms in total. The number of carbonyl (C=O) groups is 1. The van der Waals surface area contributed by atoms with Crippen LogP contribution in [0.15, 0.2) is 0 Å². The lowest BCUT2D eigenvalue weighted by Gasteiger charge is -2.25. The van der Waals surface area contributed by atoms with E-state index in [2.05, 4.69) is 16.0 Å². The Hall–Kier alpha value is -3.20. The SMILES string of the molecule is N#Cc1c(N(CCO)CCO)nc(N)c2c(N)nc3c(c12)CC(=O)N3C[C@H]1CCCO1. The van der Waals surface area contributed by atoms with E-state index in [1.165, 1.54) is 0 Å². The molecule has 0 unspecified atom stereocenters. The molecule has 11 heteroatoms. The number of nitriles is 1. The Morgan fingerprint density at radius 2 is 1.90 bits per heavy atom. The molecular weight excluding hydrogens is 402 g/mol. The number of ether oxygens (including phenoxy) is 1. The Balaban J connectivity index is 1.92. The summed E-state index contributed by atoms with van der Waals surface area (Å²) >= 11 is 0. The van der Waals surface area contributed by atoms with Gasteiger partial charge in [-0.1, -0.05) is 0 Å². The molecular formula is C20H25N7O4. The third-order valence-electron chi connectivity index (χ3n) is 5.71. The van der Waals surface area contributed by atoms with Gasteiger partial charge in [0.15, 0.2) is 0 Å². The van der Waals surface area contributed by atoms with Crippen LogP contribution in [0.25, 0.3) is 10.8 Å². The summed E-state index contributed by atoms with van der Waals surface area (Å²) in [5.74, 6) is 0.656. The van der Waals surface area contributed by atoms with Crippen LogP contribution in [-0.4, -0.2) is 71.6 Å². The lowest BCUT2D eigenvalue weighted by molar-refractivity contribution is -0.117. The molecule has 31 heavy (non-hydrogen) atoms. The zero-order valence-electron chi connectivity index (χ0n) is 17.0. The topological polar surface area (TPSA) is 175 Å². The van der Waals surface area contributed by atoms with Crippen molar-refractivity contribution >= 4 is 40.0 Å². The number of carbonyl (C=O) groups excluding carboxylic acids is 1. The van der Waals surface area contributed by atoms with Gasteiger partial charge in [-0.3, -0.25) is 9.69 Å². The molecule has 2 aliphatic heterocycles. The number of rotatable bonds is 7. The predicted molar refractivity (Wildman–Crippen MR) is 114 cm³/mol. The molecule has 0 aliphatic carbocycles. The molecule has 1 fully saturated rings. The second kappa shape index (κ2) is 8.50. The molecule has 0 radical (unpaired) electrons. The fourth-order valence-corrected chi connectivity index (χ4v) is 4.34. The van der Waals surface area contributed by atoms with Gasteiger partial charge in [0.05, 0.1) is 37.7 Å². The maximum atomic E-state index is 12.9. The van der Waals surface area contributed by atoms with Crippen LogP contribution in [0.4, 0.5) is 23.3 Å². The molecule has 1 atom stereocenters. The van der Waals surface area contributed by atoms with Crippen LogP contribution in [0, 0.1) is 11.3 Å². The fraction of sp³-hybridized carbons (Fsp3) is 0.500. The van der Waals surface area contributed by atoms with Gasteiger partial charge >= 0.3 is 0 Å². The second-order valence-electron chi connectivity index (χ2n) is 7.61. The number of anilines is 4. The summed E-state index contributed by atoms with van der Waals surface area (Å²) in [6, 6.07) is 2.16. The summed E-state index contributed by atoms with van der Waals surface area (Å²) in [6.45, 7) is 0.951. The number of nitrogens with zero attached hydrogens (tertiary/aromatic N) is 5. The average molecular weight is 427 g/mol. The first-order chi connectivity index (χ1) is 15.0. The number of pyridine rings is 2. The van der Waals surface area contributed by atoms with Crippen LogP contribution in [0.2, 0.25) is 0 Å². The van der Waals surface area contributed by atoms with Crippen molar-refractivity contribution in [3.63, 3.8) is 0 Å². The number of hydrogen-bond acceptors (Lipinski definition) is 10. The van der Waals surface area contributed by atoms with E-state index in [9.17, 15) is 20.3 Å². The highest BCUT2D eigenvalue weighted by Crippen LogP contribution is 2.42. The Morgan fingerprint density at radius 3 is 2.52 bits per heavy atom. The zero-order chi connectivity index (χ0) is 22.1. The standard InChI is InChI=1S/C20H25N7O4/c21-9-13-15-12-8-14(30)27(10-11-2-1-7-31-11)20(12)25-18(23)16(15)17(22)24-19(13)26(3-5-28)4-6-29/h11,28-29H,1-8,10H2,(H2,22,24)(H2,23,25)/t11-/m1/s1. The maximum absolute atomic E-state index is 12.9. The maximum Gasteiger partial charge on any atom is 0.232 e. The predicted octanol–water partition coefficient (Wildman–Crippen LogP) is -0.475. The Morgan fingerprint density at radius 1 is 1.19 bits per heavy atom. The number of fused-ring (bicyclic) bond motifs is 3. The van der Waals surface area contributed by atoms with E-state index < -0.39 is 0 Å². The third kappa shape index (κ3) is 3.59. The summed E-state index contributed by atoms with van der Waals surface area (Å²) in [4.78, 5) is 24.8. The highest BCUT2D eigenvalue weighted by Gasteiger charge is 2.36. The van der Waals surface area contributed by atoms with Crippen LogP contribution < -0.4 is 21.3 Å². The highest BCUT2D eigenvalue weighted by molar-refractivity contribution is 6.13. The second-order valence-corrected chi connectivity index (χ2v) is 7.61. The fourth-order valence-electron chi connectivity index (χ4n) is 4.34. The number of hydrogen-bond donors (Lipinski definition) is 4. The molecule has 1 amide bonds. The molecule has 0 bridgehead atoms. The molecule has 1 saturated heterocycles. The zero-order valence-corrected chi connectivity index (χ0v) is 17.0. The van der Waals surface area contributed by atoms with Crippen molar-refractivity contribution in [1.82, 2.24) is 9.97 Å². The number of aliphatic hydroxyl groups excluding tert-OH is 2. The van der Waals surface area contributed by atoms with E-state index in [0.717, 1.165) is 12.8 Å². The minimum absolute atomic E-state index is 0.0589. The first kappa shape index (κ1) is 21.0. The molecule has 0 saturated carbocycles. The van der Waals surface area contributed by atoms with Crippen LogP contribution in [0.3, 0.4) is 0 Å². The van der Waals surface area contributed by atoms with Crippen LogP contribution >= 0.6 is 0 Å². The highest BCUT2D eigenvalue weighted by atomic mass is 16.5.